The molecule has 0 unspecified atom stereocenters. The molecule has 4 aromatic rings. The molecular formula is C29H27ClN6O3. The van der Waals surface area contributed by atoms with Crippen LogP contribution in [0.25, 0.3) is 10.9 Å². The Morgan fingerprint density at radius 2 is 2.05 bits per heavy atom. The van der Waals surface area contributed by atoms with E-state index in [4.69, 9.17) is 16.3 Å². The first-order valence-electron chi connectivity index (χ1n) is 12.5. The van der Waals surface area contributed by atoms with E-state index < -0.39 is 0 Å². The molecule has 0 radical (unpaired) electrons. The fraction of sp³-hybridized carbons (Fsp3) is 0.207. The number of ether oxygens (including phenoxy) is 1. The van der Waals surface area contributed by atoms with Gasteiger partial charge in [-0.05, 0) is 55.4 Å². The molecule has 1 aliphatic heterocycles. The predicted octanol–water partition coefficient (Wildman–Crippen LogP) is 5.05. The van der Waals surface area contributed by atoms with Crippen molar-refractivity contribution < 1.29 is 14.3 Å². The Kier molecular flexibility index (Phi) is 7.81. The molecule has 0 saturated carbocycles. The maximum Gasteiger partial charge on any atom is 0.247 e. The van der Waals surface area contributed by atoms with E-state index in [0.717, 1.165) is 19.5 Å². The minimum atomic E-state index is -0.350. The van der Waals surface area contributed by atoms with Crippen molar-refractivity contribution in [2.75, 3.05) is 30.8 Å². The molecule has 0 bridgehead atoms. The number of pyridine rings is 1. The van der Waals surface area contributed by atoms with Gasteiger partial charge in [-0.25, -0.2) is 9.97 Å². The van der Waals surface area contributed by atoms with Crippen molar-refractivity contribution in [1.29, 1.82) is 0 Å². The lowest BCUT2D eigenvalue weighted by molar-refractivity contribution is -0.111. The molecule has 2 N–H and O–H groups in total. The van der Waals surface area contributed by atoms with Crippen LogP contribution in [0, 0.1) is 0 Å². The number of anilines is 3. The lowest BCUT2D eigenvalue weighted by Gasteiger charge is -2.18. The van der Waals surface area contributed by atoms with Gasteiger partial charge in [-0.3, -0.25) is 14.6 Å². The smallest absolute Gasteiger partial charge is 0.247 e. The number of nitrogens with zero attached hydrogens (tertiary/aromatic N) is 4. The summed E-state index contributed by atoms with van der Waals surface area (Å²) in [6.45, 7) is 5.30. The fourth-order valence-electron chi connectivity index (χ4n) is 4.43. The Bertz CT molecular complexity index is 1550. The van der Waals surface area contributed by atoms with Gasteiger partial charge in [0.15, 0.2) is 5.78 Å². The van der Waals surface area contributed by atoms with Gasteiger partial charge in [0.2, 0.25) is 5.91 Å². The number of likely N-dealkylation sites (tertiary alicyclic amines) is 1. The van der Waals surface area contributed by atoms with Gasteiger partial charge >= 0.3 is 0 Å². The Labute approximate surface area is 230 Å². The Morgan fingerprint density at radius 3 is 2.77 bits per heavy atom. The Hall–Kier alpha value is -4.34. The highest BCUT2D eigenvalue weighted by Gasteiger charge is 2.23. The summed E-state index contributed by atoms with van der Waals surface area (Å²) in [6, 6.07) is 14.2. The molecular weight excluding hydrogens is 516 g/mol. The number of hydrogen-bond donors (Lipinski definition) is 2. The number of Topliss-reactive ketones (excluding diaryl/α,β-unsaturated/α-hetero) is 1. The van der Waals surface area contributed by atoms with Gasteiger partial charge in [-0.2, -0.15) is 0 Å². The van der Waals surface area contributed by atoms with Crippen molar-refractivity contribution in [1.82, 2.24) is 19.9 Å². The molecule has 2 aromatic carbocycles. The second kappa shape index (κ2) is 11.6. The second-order valence-electron chi connectivity index (χ2n) is 9.32. The molecule has 0 spiro atoms. The largest absolute Gasteiger partial charge is 0.487 e. The third-order valence-corrected chi connectivity index (χ3v) is 6.79. The zero-order chi connectivity index (χ0) is 27.4. The number of amides is 1. The van der Waals surface area contributed by atoms with Crippen molar-refractivity contribution in [3.05, 3.63) is 90.0 Å². The summed E-state index contributed by atoms with van der Waals surface area (Å²) in [4.78, 5) is 39.9. The van der Waals surface area contributed by atoms with Crippen LogP contribution in [-0.4, -0.2) is 57.8 Å². The van der Waals surface area contributed by atoms with E-state index in [1.165, 1.54) is 12.4 Å². The Balaban J connectivity index is 1.41. The monoisotopic (exact) mass is 542 g/mol. The normalized spacial score (nSPS) is 15.2. The number of halogens is 1. The van der Waals surface area contributed by atoms with Crippen molar-refractivity contribution in [2.24, 2.45) is 0 Å². The van der Waals surface area contributed by atoms with Crippen molar-refractivity contribution in [3.8, 4) is 5.75 Å². The van der Waals surface area contributed by atoms with Gasteiger partial charge < -0.3 is 20.3 Å². The molecule has 9 nitrogen and oxygen atoms in total. The van der Waals surface area contributed by atoms with E-state index in [0.29, 0.717) is 50.1 Å². The Morgan fingerprint density at radius 1 is 1.18 bits per heavy atom. The molecule has 1 aliphatic rings. The van der Waals surface area contributed by atoms with Gasteiger partial charge in [-0.1, -0.05) is 30.3 Å². The summed E-state index contributed by atoms with van der Waals surface area (Å²) in [7, 11) is 2.05. The topological polar surface area (TPSA) is 109 Å². The van der Waals surface area contributed by atoms with Crippen LogP contribution in [0.3, 0.4) is 0 Å². The van der Waals surface area contributed by atoms with Crippen LogP contribution in [0.4, 0.5) is 17.2 Å². The van der Waals surface area contributed by atoms with Crippen LogP contribution in [0.1, 0.15) is 22.5 Å². The van der Waals surface area contributed by atoms with E-state index in [1.54, 1.807) is 48.7 Å². The second-order valence-corrected chi connectivity index (χ2v) is 9.73. The van der Waals surface area contributed by atoms with E-state index in [-0.39, 0.29) is 24.2 Å². The number of fused-ring (bicyclic) bond motifs is 1. The average Bonchev–Trinajstić information content (AvgIpc) is 3.35. The van der Waals surface area contributed by atoms with Gasteiger partial charge in [0.1, 0.15) is 29.7 Å². The summed E-state index contributed by atoms with van der Waals surface area (Å²) in [5.74, 6) is 0.593. The zero-order valence-electron chi connectivity index (χ0n) is 21.4. The molecule has 1 saturated heterocycles. The third kappa shape index (κ3) is 6.22. The summed E-state index contributed by atoms with van der Waals surface area (Å²) in [6.07, 6.45) is 5.30. The zero-order valence-corrected chi connectivity index (χ0v) is 22.1. The first kappa shape index (κ1) is 26.3. The molecule has 39 heavy (non-hydrogen) atoms. The van der Waals surface area contributed by atoms with Crippen LogP contribution in [0.5, 0.6) is 5.75 Å². The number of benzene rings is 2. The van der Waals surface area contributed by atoms with Crippen LogP contribution < -0.4 is 15.4 Å². The standard InChI is InChI=1S/C29H27ClN6O3/c1-3-28(38)35-25-14-21-24(15-27(25)39-20-9-11-36(2)16-20)32-17-33-29(21)34-19-8-7-18(22(30)13-19)12-26(37)23-6-4-5-10-31-23/h3-8,10,13-15,17,20H,1,9,11-12,16H2,2H3,(H,35,38)(H,32,33,34)/t20-/m1/s1. The van der Waals surface area contributed by atoms with Gasteiger partial charge in [0.05, 0.1) is 11.2 Å². The maximum atomic E-state index is 12.6. The first-order valence-corrected chi connectivity index (χ1v) is 12.8. The number of nitrogens with one attached hydrogen (secondary N) is 2. The maximum absolute atomic E-state index is 12.6. The molecule has 3 heterocycles. The van der Waals surface area contributed by atoms with Crippen LogP contribution in [0.2, 0.25) is 5.02 Å². The highest BCUT2D eigenvalue weighted by molar-refractivity contribution is 6.32. The minimum absolute atomic E-state index is 0.0106. The number of rotatable bonds is 9. The number of carbonyl (C=O) groups is 2. The van der Waals surface area contributed by atoms with E-state index in [1.807, 2.05) is 13.1 Å². The SMILES string of the molecule is C=CC(=O)Nc1cc2c(Nc3ccc(CC(=O)c4ccccn4)c(Cl)c3)ncnc2cc1O[C@@H]1CCN(C)C1. The molecule has 1 atom stereocenters. The van der Waals surface area contributed by atoms with Gasteiger partial charge in [-0.15, -0.1) is 0 Å². The van der Waals surface area contributed by atoms with Crippen molar-refractivity contribution in [2.45, 2.75) is 18.9 Å². The lowest BCUT2D eigenvalue weighted by Crippen LogP contribution is -2.22. The summed E-state index contributed by atoms with van der Waals surface area (Å²) in [5, 5.41) is 7.24. The molecule has 0 aliphatic carbocycles. The molecule has 10 heteroatoms. The fourth-order valence-corrected chi connectivity index (χ4v) is 4.68. The van der Waals surface area contributed by atoms with Crippen molar-refractivity contribution in [3.63, 3.8) is 0 Å². The van der Waals surface area contributed by atoms with E-state index in [9.17, 15) is 9.59 Å². The average molecular weight is 543 g/mol. The van der Waals surface area contributed by atoms with E-state index in [2.05, 4.69) is 37.1 Å². The van der Waals surface area contributed by atoms with Crippen LogP contribution >= 0.6 is 11.6 Å². The highest BCUT2D eigenvalue weighted by Crippen LogP contribution is 2.35. The highest BCUT2D eigenvalue weighted by atomic mass is 35.5. The number of likely N-dealkylation sites (N-methyl/N-ethyl adjacent to an activating group) is 1. The molecule has 5 rings (SSSR count). The molecule has 2 aromatic heterocycles. The number of aromatic nitrogens is 3. The van der Waals surface area contributed by atoms with Crippen LogP contribution in [0.15, 0.2) is 73.7 Å². The summed E-state index contributed by atoms with van der Waals surface area (Å²) in [5.41, 5.74) is 2.92. The summed E-state index contributed by atoms with van der Waals surface area (Å²) >= 11 is 6.53. The lowest BCUT2D eigenvalue weighted by atomic mass is 10.1. The number of carbonyl (C=O) groups excluding carboxylic acids is 2. The molecule has 1 fully saturated rings. The summed E-state index contributed by atoms with van der Waals surface area (Å²) < 4.78 is 6.26. The third-order valence-electron chi connectivity index (χ3n) is 6.44. The van der Waals surface area contributed by atoms with Crippen LogP contribution in [-0.2, 0) is 11.2 Å². The quantitative estimate of drug-likeness (QED) is 0.223. The number of ketones is 1. The van der Waals surface area contributed by atoms with Gasteiger partial charge in [0.25, 0.3) is 0 Å². The first-order chi connectivity index (χ1) is 18.9. The van der Waals surface area contributed by atoms with Crippen molar-refractivity contribution >= 4 is 51.4 Å². The predicted molar refractivity (Wildman–Crippen MR) is 152 cm³/mol. The van der Waals surface area contributed by atoms with E-state index >= 15 is 0 Å². The number of hydrogen-bond acceptors (Lipinski definition) is 8. The molecule has 198 valence electrons. The van der Waals surface area contributed by atoms with Gasteiger partial charge in [0, 0.05) is 47.9 Å². The minimum Gasteiger partial charge on any atom is -0.487 e. The molecule has 1 amide bonds.